The minimum absolute atomic E-state index is 0.0845. The van der Waals surface area contributed by atoms with Gasteiger partial charge in [-0.3, -0.25) is 10.4 Å². The lowest BCUT2D eigenvalue weighted by atomic mass is 9.95. The van der Waals surface area contributed by atoms with Gasteiger partial charge in [-0.1, -0.05) is 23.7 Å². The molecule has 0 saturated heterocycles. The summed E-state index contributed by atoms with van der Waals surface area (Å²) in [7, 11) is 2.06. The SMILES string of the molecule is CN1CCc2nc3c(Cl)cccc3c(C(=N)N)c2C1. The molecule has 0 fully saturated rings. The summed E-state index contributed by atoms with van der Waals surface area (Å²) < 4.78 is 0. The maximum Gasteiger partial charge on any atom is 0.123 e. The smallest absolute Gasteiger partial charge is 0.123 e. The van der Waals surface area contributed by atoms with Crippen LogP contribution in [0.4, 0.5) is 0 Å². The van der Waals surface area contributed by atoms with Gasteiger partial charge in [0.05, 0.1) is 10.5 Å². The van der Waals surface area contributed by atoms with Crippen LogP contribution in [-0.2, 0) is 13.0 Å². The Labute approximate surface area is 116 Å². The summed E-state index contributed by atoms with van der Waals surface area (Å²) in [5.41, 5.74) is 9.41. The van der Waals surface area contributed by atoms with Crippen molar-refractivity contribution in [2.75, 3.05) is 13.6 Å². The number of likely N-dealkylation sites (N-methyl/N-ethyl adjacent to an activating group) is 1. The van der Waals surface area contributed by atoms with Crippen molar-refractivity contribution in [3.63, 3.8) is 0 Å². The number of hydrogen-bond donors (Lipinski definition) is 2. The molecule has 1 aromatic heterocycles. The van der Waals surface area contributed by atoms with Gasteiger partial charge in [-0.25, -0.2) is 0 Å². The second kappa shape index (κ2) is 4.47. The van der Waals surface area contributed by atoms with Gasteiger partial charge in [0.1, 0.15) is 5.84 Å². The molecular weight excluding hydrogens is 260 g/mol. The Morgan fingerprint density at radius 2 is 2.26 bits per heavy atom. The molecule has 0 bridgehead atoms. The minimum atomic E-state index is 0.0845. The summed E-state index contributed by atoms with van der Waals surface area (Å²) in [6.07, 6.45) is 0.868. The van der Waals surface area contributed by atoms with Gasteiger partial charge in [-0.2, -0.15) is 0 Å². The number of aromatic nitrogens is 1. The highest BCUT2D eigenvalue weighted by Crippen LogP contribution is 2.30. The average Bonchev–Trinajstić information content (AvgIpc) is 2.36. The minimum Gasteiger partial charge on any atom is -0.384 e. The van der Waals surface area contributed by atoms with E-state index in [2.05, 4.69) is 16.9 Å². The fourth-order valence-corrected chi connectivity index (χ4v) is 2.89. The first-order valence-electron chi connectivity index (χ1n) is 6.21. The van der Waals surface area contributed by atoms with E-state index in [9.17, 15) is 0 Å². The molecule has 3 N–H and O–H groups in total. The van der Waals surface area contributed by atoms with Crippen LogP contribution in [0.15, 0.2) is 18.2 Å². The monoisotopic (exact) mass is 274 g/mol. The highest BCUT2D eigenvalue weighted by atomic mass is 35.5. The Bertz CT molecular complexity index is 681. The van der Waals surface area contributed by atoms with Crippen LogP contribution in [0.1, 0.15) is 16.8 Å². The van der Waals surface area contributed by atoms with Gasteiger partial charge >= 0.3 is 0 Å². The zero-order chi connectivity index (χ0) is 13.6. The maximum absolute atomic E-state index is 7.88. The van der Waals surface area contributed by atoms with Crippen LogP contribution in [0.5, 0.6) is 0 Å². The average molecular weight is 275 g/mol. The number of nitrogens with zero attached hydrogens (tertiary/aromatic N) is 2. The van der Waals surface area contributed by atoms with Crippen LogP contribution in [0.2, 0.25) is 5.02 Å². The number of nitrogens with one attached hydrogen (secondary N) is 1. The van der Waals surface area contributed by atoms with Gasteiger partial charge in [-0.05, 0) is 18.7 Å². The van der Waals surface area contributed by atoms with Crippen LogP contribution in [0.25, 0.3) is 10.9 Å². The summed E-state index contributed by atoms with van der Waals surface area (Å²) in [6, 6.07) is 5.62. The summed E-state index contributed by atoms with van der Waals surface area (Å²) in [4.78, 5) is 6.90. The van der Waals surface area contributed by atoms with E-state index >= 15 is 0 Å². The van der Waals surface area contributed by atoms with Crippen molar-refractivity contribution < 1.29 is 0 Å². The summed E-state index contributed by atoms with van der Waals surface area (Å²) in [5.74, 6) is 0.0845. The second-order valence-corrected chi connectivity index (χ2v) is 5.36. The first-order chi connectivity index (χ1) is 9.08. The summed E-state index contributed by atoms with van der Waals surface area (Å²) in [6.45, 7) is 1.74. The number of benzene rings is 1. The number of pyridine rings is 1. The lowest BCUT2D eigenvalue weighted by molar-refractivity contribution is 0.310. The summed E-state index contributed by atoms with van der Waals surface area (Å²) in [5, 5.41) is 9.36. The third kappa shape index (κ3) is 1.97. The van der Waals surface area contributed by atoms with Gasteiger partial charge < -0.3 is 10.6 Å². The number of para-hydroxylation sites is 1. The fourth-order valence-electron chi connectivity index (χ4n) is 2.67. The number of fused-ring (bicyclic) bond motifs is 2. The first kappa shape index (κ1) is 12.4. The third-order valence-corrected chi connectivity index (χ3v) is 3.89. The molecule has 2 heterocycles. The standard InChI is InChI=1S/C14H15ClN4/c1-19-6-5-11-9(7-19)12(14(16)17)8-3-2-4-10(15)13(8)18-11/h2-4H,5-7H2,1H3,(H3,16,17). The van der Waals surface area contributed by atoms with E-state index in [0.717, 1.165) is 47.2 Å². The maximum atomic E-state index is 7.88. The third-order valence-electron chi connectivity index (χ3n) is 3.58. The lowest BCUT2D eigenvalue weighted by Crippen LogP contribution is -2.30. The van der Waals surface area contributed by atoms with Gasteiger partial charge in [0.15, 0.2) is 0 Å². The van der Waals surface area contributed by atoms with E-state index < -0.39 is 0 Å². The molecule has 0 radical (unpaired) electrons. The van der Waals surface area contributed by atoms with Crippen molar-refractivity contribution in [1.29, 1.82) is 5.41 Å². The Balaban J connectivity index is 2.40. The van der Waals surface area contributed by atoms with E-state index in [1.54, 1.807) is 0 Å². The number of nitrogens with two attached hydrogens (primary N) is 1. The molecule has 19 heavy (non-hydrogen) atoms. The van der Waals surface area contributed by atoms with Crippen molar-refractivity contribution in [2.45, 2.75) is 13.0 Å². The topological polar surface area (TPSA) is 66.0 Å². The van der Waals surface area contributed by atoms with Crippen molar-refractivity contribution in [3.05, 3.63) is 40.0 Å². The number of nitrogen functional groups attached to an aromatic ring is 1. The van der Waals surface area contributed by atoms with E-state index in [4.69, 9.17) is 22.7 Å². The van der Waals surface area contributed by atoms with Crippen molar-refractivity contribution in [1.82, 2.24) is 9.88 Å². The Hall–Kier alpha value is -1.65. The molecule has 4 nitrogen and oxygen atoms in total. The van der Waals surface area contributed by atoms with Crippen LogP contribution in [0.3, 0.4) is 0 Å². The molecule has 1 aliphatic heterocycles. The highest BCUT2D eigenvalue weighted by molar-refractivity contribution is 6.35. The molecular formula is C14H15ClN4. The van der Waals surface area contributed by atoms with Crippen molar-refractivity contribution in [3.8, 4) is 0 Å². The zero-order valence-corrected chi connectivity index (χ0v) is 11.5. The number of rotatable bonds is 1. The Morgan fingerprint density at radius 1 is 1.47 bits per heavy atom. The Kier molecular flexibility index (Phi) is 2.92. The van der Waals surface area contributed by atoms with E-state index in [1.807, 2.05) is 18.2 Å². The molecule has 0 aliphatic carbocycles. The fraction of sp³-hybridized carbons (Fsp3) is 0.286. The number of amidine groups is 1. The normalized spacial score (nSPS) is 15.5. The second-order valence-electron chi connectivity index (χ2n) is 4.95. The summed E-state index contributed by atoms with van der Waals surface area (Å²) >= 11 is 6.22. The quantitative estimate of drug-likeness (QED) is 0.619. The van der Waals surface area contributed by atoms with E-state index in [1.165, 1.54) is 0 Å². The predicted octanol–water partition coefficient (Wildman–Crippen LogP) is 2.16. The van der Waals surface area contributed by atoms with Crippen LogP contribution in [-0.4, -0.2) is 29.3 Å². The molecule has 1 aliphatic rings. The molecule has 0 atom stereocenters. The lowest BCUT2D eigenvalue weighted by Gasteiger charge is -2.27. The molecule has 0 spiro atoms. The highest BCUT2D eigenvalue weighted by Gasteiger charge is 2.22. The predicted molar refractivity (Wildman–Crippen MR) is 77.8 cm³/mol. The Morgan fingerprint density at radius 3 is 3.00 bits per heavy atom. The zero-order valence-electron chi connectivity index (χ0n) is 10.7. The van der Waals surface area contributed by atoms with Crippen molar-refractivity contribution >= 4 is 28.3 Å². The van der Waals surface area contributed by atoms with Crippen LogP contribution >= 0.6 is 11.6 Å². The van der Waals surface area contributed by atoms with E-state index in [-0.39, 0.29) is 5.84 Å². The molecule has 0 saturated carbocycles. The van der Waals surface area contributed by atoms with E-state index in [0.29, 0.717) is 5.02 Å². The number of halogens is 1. The molecule has 2 aromatic rings. The molecule has 0 unspecified atom stereocenters. The van der Waals surface area contributed by atoms with Crippen LogP contribution < -0.4 is 5.73 Å². The number of hydrogen-bond acceptors (Lipinski definition) is 3. The molecule has 3 rings (SSSR count). The molecule has 1 aromatic carbocycles. The largest absolute Gasteiger partial charge is 0.384 e. The molecule has 98 valence electrons. The molecule has 0 amide bonds. The van der Waals surface area contributed by atoms with Gasteiger partial charge in [0.25, 0.3) is 0 Å². The van der Waals surface area contributed by atoms with Gasteiger partial charge in [0, 0.05) is 36.2 Å². The first-order valence-corrected chi connectivity index (χ1v) is 6.58. The van der Waals surface area contributed by atoms with Gasteiger partial charge in [0.2, 0.25) is 0 Å². The van der Waals surface area contributed by atoms with Gasteiger partial charge in [-0.15, -0.1) is 0 Å². The molecule has 5 heteroatoms. The van der Waals surface area contributed by atoms with Crippen molar-refractivity contribution in [2.24, 2.45) is 5.73 Å². The van der Waals surface area contributed by atoms with Crippen LogP contribution in [0, 0.1) is 5.41 Å².